The third kappa shape index (κ3) is 3.35. The van der Waals surface area contributed by atoms with E-state index in [1.54, 1.807) is 0 Å². The lowest BCUT2D eigenvalue weighted by molar-refractivity contribution is -0.117. The number of nitrogens with two attached hydrogens (primary N) is 1. The van der Waals surface area contributed by atoms with E-state index in [-0.39, 0.29) is 11.2 Å². The Bertz CT molecular complexity index is 339. The molecule has 0 aliphatic rings. The Kier molecular flexibility index (Phi) is 4.34. The lowest BCUT2D eigenvalue weighted by Crippen LogP contribution is -2.24. The summed E-state index contributed by atoms with van der Waals surface area (Å²) in [6, 6.07) is 0. The van der Waals surface area contributed by atoms with Crippen molar-refractivity contribution in [3.8, 4) is 0 Å². The van der Waals surface area contributed by atoms with E-state index < -0.39 is 0 Å². The minimum atomic E-state index is -0.302. The molecule has 84 valence electrons. The van der Waals surface area contributed by atoms with E-state index >= 15 is 0 Å². The van der Waals surface area contributed by atoms with Crippen LogP contribution in [0.5, 0.6) is 0 Å². The summed E-state index contributed by atoms with van der Waals surface area (Å²) in [5.74, 6) is -0.302. The number of hydrogen-bond donors (Lipinski definition) is 1. The van der Waals surface area contributed by atoms with Crippen LogP contribution in [-0.4, -0.2) is 35.4 Å². The van der Waals surface area contributed by atoms with Gasteiger partial charge in [-0.25, -0.2) is 0 Å². The molecule has 0 aliphatic carbocycles. The molecule has 1 atom stereocenters. The normalized spacial score (nSPS) is 12.5. The van der Waals surface area contributed by atoms with Crippen molar-refractivity contribution in [3.05, 3.63) is 0 Å². The zero-order valence-corrected chi connectivity index (χ0v) is 10.6. The molecular formula is C8H14N4OS2. The summed E-state index contributed by atoms with van der Waals surface area (Å²) in [7, 11) is 3.81. The SMILES string of the molecule is CCC(Sc1nnc(N(C)C)s1)C(N)=O. The predicted molar refractivity (Wildman–Crippen MR) is 63.4 cm³/mol. The lowest BCUT2D eigenvalue weighted by Gasteiger charge is -2.06. The summed E-state index contributed by atoms with van der Waals surface area (Å²) in [6.07, 6.45) is 0.705. The molecule has 1 rings (SSSR count). The molecule has 0 saturated heterocycles. The van der Waals surface area contributed by atoms with Crippen molar-refractivity contribution in [1.82, 2.24) is 10.2 Å². The van der Waals surface area contributed by atoms with Crippen LogP contribution in [0.25, 0.3) is 0 Å². The van der Waals surface area contributed by atoms with Crippen LogP contribution >= 0.6 is 23.1 Å². The van der Waals surface area contributed by atoms with Gasteiger partial charge in [-0.3, -0.25) is 4.79 Å². The van der Waals surface area contributed by atoms with Crippen LogP contribution in [0.4, 0.5) is 5.13 Å². The fraction of sp³-hybridized carbons (Fsp3) is 0.625. The van der Waals surface area contributed by atoms with Gasteiger partial charge in [0, 0.05) is 14.1 Å². The molecule has 1 aromatic heterocycles. The third-order valence-corrected chi connectivity index (χ3v) is 4.27. The number of carbonyl (C=O) groups is 1. The highest BCUT2D eigenvalue weighted by Gasteiger charge is 2.17. The van der Waals surface area contributed by atoms with Gasteiger partial charge < -0.3 is 10.6 Å². The molecule has 0 spiro atoms. The van der Waals surface area contributed by atoms with Gasteiger partial charge in [-0.15, -0.1) is 10.2 Å². The summed E-state index contributed by atoms with van der Waals surface area (Å²) in [4.78, 5) is 12.9. The average molecular weight is 246 g/mol. The Labute approximate surface area is 97.1 Å². The van der Waals surface area contributed by atoms with E-state index in [0.29, 0.717) is 6.42 Å². The largest absolute Gasteiger partial charge is 0.369 e. The van der Waals surface area contributed by atoms with Crippen LogP contribution in [-0.2, 0) is 4.79 Å². The Hall–Kier alpha value is -0.820. The van der Waals surface area contributed by atoms with Crippen molar-refractivity contribution in [2.45, 2.75) is 22.9 Å². The van der Waals surface area contributed by atoms with Crippen molar-refractivity contribution >= 4 is 34.1 Å². The van der Waals surface area contributed by atoms with E-state index in [0.717, 1.165) is 9.47 Å². The molecule has 1 heterocycles. The maximum atomic E-state index is 11.0. The molecule has 1 aromatic rings. The van der Waals surface area contributed by atoms with Crippen LogP contribution in [0.2, 0.25) is 0 Å². The summed E-state index contributed by atoms with van der Waals surface area (Å²) >= 11 is 2.84. The Morgan fingerprint density at radius 1 is 1.60 bits per heavy atom. The van der Waals surface area contributed by atoms with Gasteiger partial charge in [-0.2, -0.15) is 0 Å². The second kappa shape index (κ2) is 5.32. The Morgan fingerprint density at radius 2 is 2.27 bits per heavy atom. The molecular weight excluding hydrogens is 232 g/mol. The van der Waals surface area contributed by atoms with Crippen molar-refractivity contribution in [1.29, 1.82) is 0 Å². The Balaban J connectivity index is 2.67. The second-order valence-corrected chi connectivity index (χ2v) is 5.57. The number of rotatable bonds is 5. The number of primary amides is 1. The quantitative estimate of drug-likeness (QED) is 0.783. The molecule has 5 nitrogen and oxygen atoms in total. The standard InChI is InChI=1S/C8H14N4OS2/c1-4-5(6(9)13)14-8-11-10-7(15-8)12(2)3/h5H,4H2,1-3H3,(H2,9,13). The number of amides is 1. The third-order valence-electron chi connectivity index (χ3n) is 1.71. The molecule has 0 bridgehead atoms. The predicted octanol–water partition coefficient (Wildman–Crippen LogP) is 0.960. The summed E-state index contributed by atoms with van der Waals surface area (Å²) in [6.45, 7) is 1.93. The topological polar surface area (TPSA) is 72.1 Å². The molecule has 0 fully saturated rings. The van der Waals surface area contributed by atoms with Gasteiger partial charge in [-0.05, 0) is 6.42 Å². The minimum absolute atomic E-state index is 0.215. The second-order valence-electron chi connectivity index (χ2n) is 3.16. The summed E-state index contributed by atoms with van der Waals surface area (Å²) in [5.41, 5.74) is 5.25. The highest BCUT2D eigenvalue weighted by Crippen LogP contribution is 2.30. The molecule has 0 saturated carbocycles. The van der Waals surface area contributed by atoms with Gasteiger partial charge in [0.25, 0.3) is 0 Å². The maximum absolute atomic E-state index is 11.0. The zero-order chi connectivity index (χ0) is 11.4. The number of carbonyl (C=O) groups excluding carboxylic acids is 1. The number of thioether (sulfide) groups is 1. The molecule has 15 heavy (non-hydrogen) atoms. The van der Waals surface area contributed by atoms with Gasteiger partial charge in [0.2, 0.25) is 11.0 Å². The van der Waals surface area contributed by atoms with Crippen molar-refractivity contribution < 1.29 is 4.79 Å². The first-order valence-electron chi connectivity index (χ1n) is 4.51. The summed E-state index contributed by atoms with van der Waals surface area (Å²) < 4.78 is 0.782. The van der Waals surface area contributed by atoms with E-state index in [9.17, 15) is 4.79 Å². The van der Waals surface area contributed by atoms with Crippen molar-refractivity contribution in [2.75, 3.05) is 19.0 Å². The highest BCUT2D eigenvalue weighted by atomic mass is 32.2. The number of hydrogen-bond acceptors (Lipinski definition) is 6. The molecule has 0 aromatic carbocycles. The first kappa shape index (κ1) is 12.3. The molecule has 2 N–H and O–H groups in total. The van der Waals surface area contributed by atoms with E-state index in [2.05, 4.69) is 10.2 Å². The number of aromatic nitrogens is 2. The molecule has 7 heteroatoms. The Morgan fingerprint density at radius 3 is 2.67 bits per heavy atom. The molecule has 1 unspecified atom stereocenters. The van der Waals surface area contributed by atoms with Crippen LogP contribution < -0.4 is 10.6 Å². The first-order chi connectivity index (χ1) is 7.04. The van der Waals surface area contributed by atoms with Crippen molar-refractivity contribution in [3.63, 3.8) is 0 Å². The lowest BCUT2D eigenvalue weighted by atomic mass is 10.3. The van der Waals surface area contributed by atoms with E-state index in [1.807, 2.05) is 25.9 Å². The fourth-order valence-electron chi connectivity index (χ4n) is 0.895. The van der Waals surface area contributed by atoms with E-state index in [1.165, 1.54) is 23.1 Å². The summed E-state index contributed by atoms with van der Waals surface area (Å²) in [5, 5.41) is 8.59. The zero-order valence-electron chi connectivity index (χ0n) is 8.93. The van der Waals surface area contributed by atoms with E-state index in [4.69, 9.17) is 5.73 Å². The average Bonchev–Trinajstić information content (AvgIpc) is 2.61. The highest BCUT2D eigenvalue weighted by molar-refractivity contribution is 8.02. The van der Waals surface area contributed by atoms with Crippen molar-refractivity contribution in [2.24, 2.45) is 5.73 Å². The van der Waals surface area contributed by atoms with Crippen LogP contribution in [0.1, 0.15) is 13.3 Å². The van der Waals surface area contributed by atoms with Gasteiger partial charge in [-0.1, -0.05) is 30.0 Å². The first-order valence-corrected chi connectivity index (χ1v) is 6.21. The van der Waals surface area contributed by atoms with Crippen LogP contribution in [0, 0.1) is 0 Å². The minimum Gasteiger partial charge on any atom is -0.369 e. The van der Waals surface area contributed by atoms with Crippen LogP contribution in [0.3, 0.4) is 0 Å². The van der Waals surface area contributed by atoms with Gasteiger partial charge in [0.15, 0.2) is 4.34 Å². The smallest absolute Gasteiger partial charge is 0.230 e. The van der Waals surface area contributed by atoms with Gasteiger partial charge in [0.05, 0.1) is 5.25 Å². The fourth-order valence-corrected chi connectivity index (χ4v) is 2.78. The molecule has 0 radical (unpaired) electrons. The van der Waals surface area contributed by atoms with Crippen LogP contribution in [0.15, 0.2) is 4.34 Å². The monoisotopic (exact) mass is 246 g/mol. The number of anilines is 1. The molecule has 0 aliphatic heterocycles. The molecule has 1 amide bonds. The van der Waals surface area contributed by atoms with Gasteiger partial charge in [0.1, 0.15) is 0 Å². The number of nitrogens with zero attached hydrogens (tertiary/aromatic N) is 3. The van der Waals surface area contributed by atoms with Gasteiger partial charge >= 0.3 is 0 Å². The maximum Gasteiger partial charge on any atom is 0.230 e.